The van der Waals surface area contributed by atoms with Crippen LogP contribution in [0.2, 0.25) is 0 Å². The molecule has 17 heavy (non-hydrogen) atoms. The highest BCUT2D eigenvalue weighted by molar-refractivity contribution is 5.90. The lowest BCUT2D eigenvalue weighted by Gasteiger charge is -2.32. The van der Waals surface area contributed by atoms with Crippen molar-refractivity contribution in [3.05, 3.63) is 22.4 Å². The summed E-state index contributed by atoms with van der Waals surface area (Å²) in [7, 11) is 0. The summed E-state index contributed by atoms with van der Waals surface area (Å²) in [6.07, 6.45) is 0.931. The maximum Gasteiger partial charge on any atom is 0.337 e. The van der Waals surface area contributed by atoms with Gasteiger partial charge >= 0.3 is 5.97 Å². The molecule has 1 atom stereocenters. The van der Waals surface area contributed by atoms with Crippen molar-refractivity contribution in [1.29, 1.82) is 0 Å². The zero-order valence-electron chi connectivity index (χ0n) is 10.7. The third-order valence-electron chi connectivity index (χ3n) is 3.70. The Morgan fingerprint density at radius 1 is 1.41 bits per heavy atom. The van der Waals surface area contributed by atoms with Crippen LogP contribution in [0.1, 0.15) is 27.2 Å². The van der Waals surface area contributed by atoms with E-state index in [1.54, 1.807) is 0 Å². The highest BCUT2D eigenvalue weighted by Gasteiger charge is 2.37. The van der Waals surface area contributed by atoms with E-state index in [-0.39, 0.29) is 12.0 Å². The van der Waals surface area contributed by atoms with Gasteiger partial charge in [-0.05, 0) is 27.2 Å². The van der Waals surface area contributed by atoms with Crippen LogP contribution in [0.3, 0.4) is 0 Å². The average molecular weight is 236 g/mol. The minimum Gasteiger partial charge on any atom is -0.463 e. The monoisotopic (exact) mass is 236 g/mol. The summed E-state index contributed by atoms with van der Waals surface area (Å²) in [6.45, 7) is 8.02. The van der Waals surface area contributed by atoms with Gasteiger partial charge < -0.3 is 10.5 Å². The van der Waals surface area contributed by atoms with E-state index in [2.05, 4.69) is 18.7 Å². The molecule has 94 valence electrons. The molecule has 2 aliphatic heterocycles. The predicted octanol–water partition coefficient (Wildman–Crippen LogP) is 1.19. The SMILES string of the molecule is CCOC(=O)C1=C(N)C2CC(C)=C(C)CN2C1. The fourth-order valence-electron chi connectivity index (χ4n) is 2.51. The quantitative estimate of drug-likeness (QED) is 0.578. The third-order valence-corrected chi connectivity index (χ3v) is 3.70. The van der Waals surface area contributed by atoms with Gasteiger partial charge in [0.1, 0.15) is 0 Å². The van der Waals surface area contributed by atoms with Gasteiger partial charge in [-0.2, -0.15) is 0 Å². The van der Waals surface area contributed by atoms with Crippen LogP contribution in [0.25, 0.3) is 0 Å². The number of esters is 1. The molecule has 4 heteroatoms. The van der Waals surface area contributed by atoms with Crippen LogP contribution < -0.4 is 5.73 Å². The molecule has 0 bridgehead atoms. The first kappa shape index (κ1) is 12.2. The summed E-state index contributed by atoms with van der Waals surface area (Å²) in [4.78, 5) is 14.0. The lowest BCUT2D eigenvalue weighted by atomic mass is 9.96. The molecule has 2 rings (SSSR count). The maximum absolute atomic E-state index is 11.8. The molecule has 2 aliphatic rings. The second kappa shape index (κ2) is 4.53. The van der Waals surface area contributed by atoms with Crippen molar-refractivity contribution < 1.29 is 9.53 Å². The zero-order valence-corrected chi connectivity index (χ0v) is 10.7. The van der Waals surface area contributed by atoms with Gasteiger partial charge in [0.15, 0.2) is 0 Å². The molecule has 0 aromatic heterocycles. The molecule has 0 fully saturated rings. The van der Waals surface area contributed by atoms with Gasteiger partial charge in [-0.1, -0.05) is 11.1 Å². The second-order valence-electron chi connectivity index (χ2n) is 4.84. The Morgan fingerprint density at radius 3 is 2.76 bits per heavy atom. The van der Waals surface area contributed by atoms with Crippen molar-refractivity contribution in [2.24, 2.45) is 5.73 Å². The Hall–Kier alpha value is -1.29. The molecular weight excluding hydrogens is 216 g/mol. The molecule has 2 N–H and O–H groups in total. The Kier molecular flexibility index (Phi) is 3.24. The van der Waals surface area contributed by atoms with E-state index in [4.69, 9.17) is 10.5 Å². The molecule has 0 radical (unpaired) electrons. The molecule has 2 heterocycles. The van der Waals surface area contributed by atoms with Gasteiger partial charge in [0.2, 0.25) is 0 Å². The van der Waals surface area contributed by atoms with Crippen molar-refractivity contribution in [3.8, 4) is 0 Å². The van der Waals surface area contributed by atoms with Crippen molar-refractivity contribution in [2.45, 2.75) is 33.2 Å². The van der Waals surface area contributed by atoms with E-state index in [1.807, 2.05) is 6.92 Å². The third kappa shape index (κ3) is 2.09. The number of carbonyl (C=O) groups excluding carboxylic acids is 1. The lowest BCUT2D eigenvalue weighted by Crippen LogP contribution is -2.38. The smallest absolute Gasteiger partial charge is 0.337 e. The summed E-state index contributed by atoms with van der Waals surface area (Å²) < 4.78 is 5.04. The van der Waals surface area contributed by atoms with Crippen LogP contribution in [0.15, 0.2) is 22.4 Å². The largest absolute Gasteiger partial charge is 0.463 e. The van der Waals surface area contributed by atoms with Crippen molar-refractivity contribution in [2.75, 3.05) is 19.7 Å². The number of nitrogens with two attached hydrogens (primary N) is 1. The number of ether oxygens (including phenoxy) is 1. The number of rotatable bonds is 2. The Balaban J connectivity index is 2.18. The number of hydrogen-bond donors (Lipinski definition) is 1. The van der Waals surface area contributed by atoms with Crippen LogP contribution in [-0.4, -0.2) is 36.6 Å². The van der Waals surface area contributed by atoms with E-state index in [1.165, 1.54) is 11.1 Å². The van der Waals surface area contributed by atoms with Gasteiger partial charge in [-0.25, -0.2) is 4.79 Å². The normalized spacial score (nSPS) is 25.2. The highest BCUT2D eigenvalue weighted by Crippen LogP contribution is 2.32. The summed E-state index contributed by atoms with van der Waals surface area (Å²) in [6, 6.07) is 0.193. The van der Waals surface area contributed by atoms with Crippen molar-refractivity contribution >= 4 is 5.97 Å². The van der Waals surface area contributed by atoms with Crippen LogP contribution in [0.5, 0.6) is 0 Å². The first-order valence-electron chi connectivity index (χ1n) is 6.09. The fourth-order valence-corrected chi connectivity index (χ4v) is 2.51. The van der Waals surface area contributed by atoms with E-state index in [0.29, 0.717) is 24.4 Å². The summed E-state index contributed by atoms with van der Waals surface area (Å²) in [5.74, 6) is -0.255. The topological polar surface area (TPSA) is 55.6 Å². The molecule has 0 spiro atoms. The van der Waals surface area contributed by atoms with Crippen molar-refractivity contribution in [3.63, 3.8) is 0 Å². The van der Waals surface area contributed by atoms with E-state index in [9.17, 15) is 4.79 Å². The molecule has 0 aliphatic carbocycles. The van der Waals surface area contributed by atoms with Gasteiger partial charge in [0.05, 0.1) is 18.2 Å². The highest BCUT2D eigenvalue weighted by atomic mass is 16.5. The predicted molar refractivity (Wildman–Crippen MR) is 66.2 cm³/mol. The first-order valence-corrected chi connectivity index (χ1v) is 6.09. The Morgan fingerprint density at radius 2 is 2.12 bits per heavy atom. The first-order chi connectivity index (χ1) is 8.04. The van der Waals surface area contributed by atoms with E-state index < -0.39 is 0 Å². The van der Waals surface area contributed by atoms with Gasteiger partial charge in [-0.3, -0.25) is 4.90 Å². The fraction of sp³-hybridized carbons (Fsp3) is 0.615. The standard InChI is InChI=1S/C13H20N2O2/c1-4-17-13(16)10-7-15-6-9(3)8(2)5-11(15)12(10)14/h11H,4-7,14H2,1-3H3. The Bertz CT molecular complexity index is 410. The Labute approximate surface area is 102 Å². The molecule has 4 nitrogen and oxygen atoms in total. The number of carbonyl (C=O) groups is 1. The van der Waals surface area contributed by atoms with E-state index >= 15 is 0 Å². The summed E-state index contributed by atoms with van der Waals surface area (Å²) in [5, 5.41) is 0. The van der Waals surface area contributed by atoms with Crippen LogP contribution in [-0.2, 0) is 9.53 Å². The molecule has 0 amide bonds. The van der Waals surface area contributed by atoms with Gasteiger partial charge in [-0.15, -0.1) is 0 Å². The minimum absolute atomic E-state index is 0.193. The number of fused-ring (bicyclic) bond motifs is 1. The number of nitrogens with zero attached hydrogens (tertiary/aromatic N) is 1. The van der Waals surface area contributed by atoms with Crippen LogP contribution in [0, 0.1) is 0 Å². The maximum atomic E-state index is 11.8. The number of hydrogen-bond acceptors (Lipinski definition) is 4. The van der Waals surface area contributed by atoms with E-state index in [0.717, 1.165) is 13.0 Å². The average Bonchev–Trinajstić information content (AvgIpc) is 2.58. The summed E-state index contributed by atoms with van der Waals surface area (Å²) in [5.41, 5.74) is 10.2. The molecule has 1 unspecified atom stereocenters. The second-order valence-corrected chi connectivity index (χ2v) is 4.84. The van der Waals surface area contributed by atoms with Crippen LogP contribution >= 0.6 is 0 Å². The lowest BCUT2D eigenvalue weighted by molar-refractivity contribution is -0.138. The molecule has 0 aromatic rings. The zero-order chi connectivity index (χ0) is 12.6. The minimum atomic E-state index is -0.255. The van der Waals surface area contributed by atoms with Crippen LogP contribution in [0.4, 0.5) is 0 Å². The molecule has 0 aromatic carbocycles. The van der Waals surface area contributed by atoms with Gasteiger partial charge in [0.25, 0.3) is 0 Å². The van der Waals surface area contributed by atoms with Crippen molar-refractivity contribution in [1.82, 2.24) is 4.90 Å². The van der Waals surface area contributed by atoms with Gasteiger partial charge in [0, 0.05) is 18.8 Å². The molecular formula is C13H20N2O2. The summed E-state index contributed by atoms with van der Waals surface area (Å²) >= 11 is 0. The molecule has 0 saturated heterocycles. The molecule has 0 saturated carbocycles.